The van der Waals surface area contributed by atoms with Crippen LogP contribution in [-0.2, 0) is 6.42 Å². The molecule has 0 aliphatic heterocycles. The van der Waals surface area contributed by atoms with Crippen molar-refractivity contribution in [1.29, 1.82) is 0 Å². The highest BCUT2D eigenvalue weighted by molar-refractivity contribution is 5.57. The fraction of sp³-hybridized carbons (Fsp3) is 0.158. The van der Waals surface area contributed by atoms with E-state index in [9.17, 15) is 8.78 Å². The van der Waals surface area contributed by atoms with Crippen molar-refractivity contribution in [2.24, 2.45) is 0 Å². The summed E-state index contributed by atoms with van der Waals surface area (Å²) in [5.41, 5.74) is 2.16. The van der Waals surface area contributed by atoms with E-state index in [2.05, 4.69) is 20.6 Å². The van der Waals surface area contributed by atoms with Crippen LogP contribution in [0.1, 0.15) is 11.3 Å². The molecule has 1 aromatic heterocycles. The predicted molar refractivity (Wildman–Crippen MR) is 95.0 cm³/mol. The molecule has 3 aromatic rings. The van der Waals surface area contributed by atoms with Crippen molar-refractivity contribution in [1.82, 2.24) is 9.97 Å². The molecular weight excluding hydrogens is 322 g/mol. The van der Waals surface area contributed by atoms with Crippen molar-refractivity contribution in [3.63, 3.8) is 0 Å². The van der Waals surface area contributed by atoms with Gasteiger partial charge in [0.15, 0.2) is 0 Å². The summed E-state index contributed by atoms with van der Waals surface area (Å²) in [4.78, 5) is 8.71. The molecule has 0 saturated heterocycles. The van der Waals surface area contributed by atoms with Gasteiger partial charge in [-0.15, -0.1) is 0 Å². The molecule has 0 spiro atoms. The van der Waals surface area contributed by atoms with Crippen LogP contribution in [0.25, 0.3) is 0 Å². The third-order valence-electron chi connectivity index (χ3n) is 3.61. The van der Waals surface area contributed by atoms with Crippen molar-refractivity contribution >= 4 is 17.5 Å². The fourth-order valence-electron chi connectivity index (χ4n) is 2.40. The van der Waals surface area contributed by atoms with E-state index in [4.69, 9.17) is 0 Å². The average Bonchev–Trinajstić information content (AvgIpc) is 2.58. The summed E-state index contributed by atoms with van der Waals surface area (Å²) in [6.45, 7) is 2.37. The maximum atomic E-state index is 13.6. The van der Waals surface area contributed by atoms with Crippen LogP contribution in [0, 0.1) is 18.6 Å². The van der Waals surface area contributed by atoms with Crippen LogP contribution < -0.4 is 10.6 Å². The van der Waals surface area contributed by atoms with Gasteiger partial charge in [-0.1, -0.05) is 18.2 Å². The summed E-state index contributed by atoms with van der Waals surface area (Å²) in [5, 5.41) is 6.22. The van der Waals surface area contributed by atoms with Crippen LogP contribution in [0.3, 0.4) is 0 Å². The molecule has 25 heavy (non-hydrogen) atoms. The Labute approximate surface area is 145 Å². The molecule has 1 heterocycles. The van der Waals surface area contributed by atoms with Crippen molar-refractivity contribution in [3.8, 4) is 0 Å². The number of hydrogen-bond acceptors (Lipinski definition) is 4. The monoisotopic (exact) mass is 340 g/mol. The summed E-state index contributed by atoms with van der Waals surface area (Å²) in [7, 11) is 0. The summed E-state index contributed by atoms with van der Waals surface area (Å²) in [6, 6.07) is 14.5. The van der Waals surface area contributed by atoms with Crippen LogP contribution in [-0.4, -0.2) is 16.5 Å². The number of aromatic nitrogens is 2. The van der Waals surface area contributed by atoms with E-state index in [0.29, 0.717) is 30.3 Å². The Hall–Kier alpha value is -3.02. The molecule has 3 rings (SSSR count). The molecule has 0 aliphatic carbocycles. The Morgan fingerprint density at radius 1 is 0.960 bits per heavy atom. The number of aryl methyl sites for hydroxylation is 1. The van der Waals surface area contributed by atoms with E-state index in [0.717, 1.165) is 11.4 Å². The van der Waals surface area contributed by atoms with Crippen LogP contribution in [0.2, 0.25) is 0 Å². The van der Waals surface area contributed by atoms with Crippen molar-refractivity contribution in [3.05, 3.63) is 77.5 Å². The fourth-order valence-corrected chi connectivity index (χ4v) is 2.40. The summed E-state index contributed by atoms with van der Waals surface area (Å²) in [5.74, 6) is 0.557. The van der Waals surface area contributed by atoms with Gasteiger partial charge >= 0.3 is 0 Å². The van der Waals surface area contributed by atoms with Gasteiger partial charge in [0.2, 0.25) is 5.95 Å². The van der Waals surface area contributed by atoms with E-state index in [1.54, 1.807) is 30.3 Å². The Morgan fingerprint density at radius 2 is 1.72 bits per heavy atom. The molecule has 0 radical (unpaired) electrons. The van der Waals surface area contributed by atoms with Gasteiger partial charge in [0.05, 0.1) is 0 Å². The van der Waals surface area contributed by atoms with E-state index in [-0.39, 0.29) is 11.6 Å². The minimum atomic E-state index is -0.292. The molecule has 0 saturated carbocycles. The van der Waals surface area contributed by atoms with Crippen LogP contribution in [0.4, 0.5) is 26.2 Å². The number of anilines is 3. The second kappa shape index (κ2) is 7.70. The van der Waals surface area contributed by atoms with Gasteiger partial charge < -0.3 is 10.6 Å². The Balaban J connectivity index is 1.65. The third kappa shape index (κ3) is 4.73. The quantitative estimate of drug-likeness (QED) is 0.695. The molecule has 0 fully saturated rings. The number of rotatable bonds is 6. The molecule has 4 nitrogen and oxygen atoms in total. The van der Waals surface area contributed by atoms with E-state index in [1.165, 1.54) is 18.2 Å². The number of benzene rings is 2. The molecule has 2 aromatic carbocycles. The first kappa shape index (κ1) is 16.8. The standard InChI is InChI=1S/C19H18F2N4/c1-13-12-18(24-16-8-6-15(20)7-9-16)25-19(23-13)22-11-10-14-4-2-3-5-17(14)21/h2-9,12H,10-11H2,1H3,(H2,22,23,24,25). The molecule has 0 bridgehead atoms. The summed E-state index contributed by atoms with van der Waals surface area (Å²) < 4.78 is 26.6. The maximum absolute atomic E-state index is 13.6. The lowest BCUT2D eigenvalue weighted by atomic mass is 10.1. The van der Waals surface area contributed by atoms with Gasteiger partial charge in [-0.3, -0.25) is 0 Å². The molecule has 0 amide bonds. The lowest BCUT2D eigenvalue weighted by molar-refractivity contribution is 0.610. The zero-order valence-electron chi connectivity index (χ0n) is 13.8. The maximum Gasteiger partial charge on any atom is 0.224 e. The highest BCUT2D eigenvalue weighted by atomic mass is 19.1. The lowest BCUT2D eigenvalue weighted by Crippen LogP contribution is -2.10. The first-order chi connectivity index (χ1) is 12.1. The zero-order valence-corrected chi connectivity index (χ0v) is 13.8. The number of nitrogens with zero attached hydrogens (tertiary/aromatic N) is 2. The molecule has 128 valence electrons. The highest BCUT2D eigenvalue weighted by Gasteiger charge is 2.05. The van der Waals surface area contributed by atoms with Crippen LogP contribution >= 0.6 is 0 Å². The lowest BCUT2D eigenvalue weighted by Gasteiger charge is -2.10. The molecular formula is C19H18F2N4. The van der Waals surface area contributed by atoms with Crippen molar-refractivity contribution in [2.45, 2.75) is 13.3 Å². The van der Waals surface area contributed by atoms with Gasteiger partial charge in [-0.2, -0.15) is 4.98 Å². The van der Waals surface area contributed by atoms with Gasteiger partial charge in [0, 0.05) is 24.0 Å². The minimum Gasteiger partial charge on any atom is -0.354 e. The smallest absolute Gasteiger partial charge is 0.224 e. The van der Waals surface area contributed by atoms with E-state index < -0.39 is 0 Å². The average molecular weight is 340 g/mol. The molecule has 6 heteroatoms. The molecule has 2 N–H and O–H groups in total. The van der Waals surface area contributed by atoms with Crippen molar-refractivity contribution in [2.75, 3.05) is 17.2 Å². The number of hydrogen-bond donors (Lipinski definition) is 2. The second-order valence-electron chi connectivity index (χ2n) is 5.62. The topological polar surface area (TPSA) is 49.8 Å². The van der Waals surface area contributed by atoms with Crippen molar-refractivity contribution < 1.29 is 8.78 Å². The van der Waals surface area contributed by atoms with E-state index >= 15 is 0 Å². The molecule has 0 aliphatic rings. The van der Waals surface area contributed by atoms with E-state index in [1.807, 2.05) is 13.0 Å². The molecule has 0 atom stereocenters. The molecule has 0 unspecified atom stereocenters. The van der Waals surface area contributed by atoms with Crippen LogP contribution in [0.15, 0.2) is 54.6 Å². The Bertz CT molecular complexity index is 850. The van der Waals surface area contributed by atoms with Crippen LogP contribution in [0.5, 0.6) is 0 Å². The van der Waals surface area contributed by atoms with Gasteiger partial charge in [0.25, 0.3) is 0 Å². The Morgan fingerprint density at radius 3 is 2.48 bits per heavy atom. The first-order valence-corrected chi connectivity index (χ1v) is 7.96. The summed E-state index contributed by atoms with van der Waals surface area (Å²) >= 11 is 0. The zero-order chi connectivity index (χ0) is 17.6. The van der Waals surface area contributed by atoms with Gasteiger partial charge in [-0.25, -0.2) is 13.8 Å². The minimum absolute atomic E-state index is 0.215. The van der Waals surface area contributed by atoms with Gasteiger partial charge in [-0.05, 0) is 49.2 Å². The number of nitrogens with one attached hydrogen (secondary N) is 2. The Kier molecular flexibility index (Phi) is 5.18. The first-order valence-electron chi connectivity index (χ1n) is 7.96. The second-order valence-corrected chi connectivity index (χ2v) is 5.62. The number of halogens is 2. The summed E-state index contributed by atoms with van der Waals surface area (Å²) in [6.07, 6.45) is 0.532. The largest absolute Gasteiger partial charge is 0.354 e. The SMILES string of the molecule is Cc1cc(Nc2ccc(F)cc2)nc(NCCc2ccccc2F)n1. The normalized spacial score (nSPS) is 10.5. The third-order valence-corrected chi connectivity index (χ3v) is 3.61. The van der Waals surface area contributed by atoms with Gasteiger partial charge in [0.1, 0.15) is 17.5 Å². The predicted octanol–water partition coefficient (Wildman–Crippen LogP) is 4.46. The highest BCUT2D eigenvalue weighted by Crippen LogP contribution is 2.17.